The van der Waals surface area contributed by atoms with Gasteiger partial charge in [0, 0.05) is 26.2 Å². The van der Waals surface area contributed by atoms with Crippen LogP contribution in [0.3, 0.4) is 0 Å². The van der Waals surface area contributed by atoms with Gasteiger partial charge in [-0.05, 0) is 37.6 Å². The minimum Gasteiger partial charge on any atom is -0.463 e. The Morgan fingerprint density at radius 1 is 1.19 bits per heavy atom. The molecule has 1 aromatic carbocycles. The molecule has 3 heterocycles. The van der Waals surface area contributed by atoms with E-state index in [1.165, 1.54) is 0 Å². The van der Waals surface area contributed by atoms with Gasteiger partial charge >= 0.3 is 0 Å². The van der Waals surface area contributed by atoms with Crippen LogP contribution in [0.2, 0.25) is 0 Å². The zero-order valence-corrected chi connectivity index (χ0v) is 18.0. The normalized spacial score (nSPS) is 11.4. The third kappa shape index (κ3) is 4.36. The van der Waals surface area contributed by atoms with Gasteiger partial charge in [-0.15, -0.1) is 0 Å². The summed E-state index contributed by atoms with van der Waals surface area (Å²) in [5.74, 6) is 0.517. The predicted molar refractivity (Wildman–Crippen MR) is 119 cm³/mol. The van der Waals surface area contributed by atoms with Gasteiger partial charge in [0.05, 0.1) is 30.0 Å². The van der Waals surface area contributed by atoms with Crippen molar-refractivity contribution in [2.75, 3.05) is 20.3 Å². The Morgan fingerprint density at radius 3 is 2.68 bits per heavy atom. The Bertz CT molecular complexity index is 1150. The quantitative estimate of drug-likeness (QED) is 0.419. The summed E-state index contributed by atoms with van der Waals surface area (Å²) in [5, 5.41) is 5.22. The lowest BCUT2D eigenvalue weighted by Gasteiger charge is -2.23. The van der Waals surface area contributed by atoms with E-state index in [2.05, 4.69) is 5.10 Å². The molecule has 0 fully saturated rings. The second-order valence-corrected chi connectivity index (χ2v) is 7.66. The molecule has 160 valence electrons. The molecule has 0 saturated carbocycles. The molecule has 0 bridgehead atoms. The minimum absolute atomic E-state index is 0.0931. The van der Waals surface area contributed by atoms with E-state index in [0.29, 0.717) is 42.4 Å². The van der Waals surface area contributed by atoms with E-state index in [-0.39, 0.29) is 11.9 Å². The summed E-state index contributed by atoms with van der Waals surface area (Å²) >= 11 is 0. The van der Waals surface area contributed by atoms with Crippen LogP contribution in [0.25, 0.3) is 22.5 Å². The van der Waals surface area contributed by atoms with Crippen molar-refractivity contribution in [3.63, 3.8) is 0 Å². The average Bonchev–Trinajstić information content (AvgIpc) is 3.46. The molecular formula is C24H26N4O3. The Kier molecular flexibility index (Phi) is 6.13. The number of benzene rings is 1. The van der Waals surface area contributed by atoms with E-state index in [1.807, 2.05) is 61.0 Å². The highest BCUT2D eigenvalue weighted by Gasteiger charge is 2.23. The van der Waals surface area contributed by atoms with Gasteiger partial charge in [-0.3, -0.25) is 4.79 Å². The van der Waals surface area contributed by atoms with Crippen LogP contribution in [0, 0.1) is 0 Å². The smallest absolute Gasteiger partial charge is 0.255 e. The molecule has 31 heavy (non-hydrogen) atoms. The summed E-state index contributed by atoms with van der Waals surface area (Å²) in [5.41, 5.74) is 2.88. The lowest BCUT2D eigenvalue weighted by molar-refractivity contribution is 0.0682. The first-order chi connectivity index (χ1) is 15.1. The highest BCUT2D eigenvalue weighted by molar-refractivity contribution is 6.06. The van der Waals surface area contributed by atoms with E-state index in [9.17, 15) is 4.79 Å². The van der Waals surface area contributed by atoms with Crippen molar-refractivity contribution >= 4 is 16.9 Å². The molecule has 0 N–H and O–H groups in total. The Labute approximate surface area is 181 Å². The summed E-state index contributed by atoms with van der Waals surface area (Å²) in [6, 6.07) is 15.5. The van der Waals surface area contributed by atoms with Crippen molar-refractivity contribution < 1.29 is 13.9 Å². The number of methoxy groups -OCH3 is 1. The van der Waals surface area contributed by atoms with Crippen LogP contribution in [0.1, 0.15) is 35.8 Å². The largest absolute Gasteiger partial charge is 0.463 e. The number of ether oxygens (including phenoxy) is 1. The molecule has 7 heteroatoms. The maximum absolute atomic E-state index is 13.7. The number of nitrogens with zero attached hydrogens (tertiary/aromatic N) is 4. The second-order valence-electron chi connectivity index (χ2n) is 7.66. The van der Waals surface area contributed by atoms with Crippen molar-refractivity contribution in [3.8, 4) is 11.5 Å². The third-order valence-corrected chi connectivity index (χ3v) is 5.13. The van der Waals surface area contributed by atoms with Crippen LogP contribution < -0.4 is 0 Å². The predicted octanol–water partition coefficient (Wildman–Crippen LogP) is 4.56. The number of carbonyl (C=O) groups is 1. The monoisotopic (exact) mass is 418 g/mol. The summed E-state index contributed by atoms with van der Waals surface area (Å²) in [6.45, 7) is 5.48. The molecule has 0 aliphatic carbocycles. The first-order valence-electron chi connectivity index (χ1n) is 10.3. The topological polar surface area (TPSA) is 73.4 Å². The van der Waals surface area contributed by atoms with Gasteiger partial charge in [-0.2, -0.15) is 5.10 Å². The average molecular weight is 418 g/mol. The summed E-state index contributed by atoms with van der Waals surface area (Å²) in [4.78, 5) is 20.3. The fourth-order valence-electron chi connectivity index (χ4n) is 3.55. The molecule has 0 saturated heterocycles. The molecule has 0 spiro atoms. The fraction of sp³-hybridized carbons (Fsp3) is 0.292. The van der Waals surface area contributed by atoms with E-state index in [4.69, 9.17) is 14.1 Å². The van der Waals surface area contributed by atoms with E-state index in [0.717, 1.165) is 10.9 Å². The Morgan fingerprint density at radius 2 is 2.00 bits per heavy atom. The number of pyridine rings is 1. The van der Waals surface area contributed by atoms with Crippen molar-refractivity contribution in [2.24, 2.45) is 0 Å². The molecule has 0 aliphatic rings. The van der Waals surface area contributed by atoms with Gasteiger partial charge in [0.15, 0.2) is 11.4 Å². The zero-order valence-electron chi connectivity index (χ0n) is 18.0. The maximum atomic E-state index is 13.7. The van der Waals surface area contributed by atoms with Crippen LogP contribution in [-0.2, 0) is 11.3 Å². The first-order valence-corrected chi connectivity index (χ1v) is 10.3. The molecule has 4 aromatic rings. The number of aromatic nitrogens is 3. The fourth-order valence-corrected chi connectivity index (χ4v) is 3.55. The minimum atomic E-state index is -0.0931. The van der Waals surface area contributed by atoms with Gasteiger partial charge < -0.3 is 14.1 Å². The van der Waals surface area contributed by atoms with Crippen LogP contribution in [0.15, 0.2) is 65.4 Å². The molecule has 0 aliphatic heterocycles. The van der Waals surface area contributed by atoms with Crippen molar-refractivity contribution in [2.45, 2.75) is 26.4 Å². The molecule has 7 nitrogen and oxygen atoms in total. The van der Waals surface area contributed by atoms with E-state index < -0.39 is 0 Å². The highest BCUT2D eigenvalue weighted by atomic mass is 16.5. The van der Waals surface area contributed by atoms with Gasteiger partial charge in [-0.25, -0.2) is 9.67 Å². The van der Waals surface area contributed by atoms with Gasteiger partial charge in [0.25, 0.3) is 5.91 Å². The van der Waals surface area contributed by atoms with E-state index >= 15 is 0 Å². The number of hydrogen-bond donors (Lipinski definition) is 0. The van der Waals surface area contributed by atoms with Crippen LogP contribution >= 0.6 is 0 Å². The third-order valence-electron chi connectivity index (χ3n) is 5.13. The van der Waals surface area contributed by atoms with Gasteiger partial charge in [0.2, 0.25) is 0 Å². The number of amides is 1. The zero-order chi connectivity index (χ0) is 21.8. The molecule has 3 aromatic heterocycles. The first kappa shape index (κ1) is 20.8. The molecular weight excluding hydrogens is 392 g/mol. The molecule has 0 atom stereocenters. The standard InChI is InChI=1S/C24H26N4O3/c1-17(2)28-23-20(15-25-28)19(14-21(26-23)22-10-7-12-31-22)24(29)27(11-13-30-3)16-18-8-5-4-6-9-18/h4-10,12,14-15,17H,11,13,16H2,1-3H3. The maximum Gasteiger partial charge on any atom is 0.255 e. The van der Waals surface area contributed by atoms with Crippen LogP contribution in [0.5, 0.6) is 0 Å². The number of fused-ring (bicyclic) bond motifs is 1. The summed E-state index contributed by atoms with van der Waals surface area (Å²) < 4.78 is 12.7. The SMILES string of the molecule is COCCN(Cc1ccccc1)C(=O)c1cc(-c2ccco2)nc2c1cnn2C(C)C. The lowest BCUT2D eigenvalue weighted by atomic mass is 10.1. The summed E-state index contributed by atoms with van der Waals surface area (Å²) in [6.07, 6.45) is 3.32. The van der Waals surface area contributed by atoms with Crippen LogP contribution in [-0.4, -0.2) is 45.8 Å². The number of hydrogen-bond acceptors (Lipinski definition) is 5. The molecule has 4 rings (SSSR count). The van der Waals surface area contributed by atoms with Crippen molar-refractivity contribution in [3.05, 3.63) is 72.1 Å². The second kappa shape index (κ2) is 9.14. The lowest BCUT2D eigenvalue weighted by Crippen LogP contribution is -2.33. The van der Waals surface area contributed by atoms with E-state index in [1.54, 1.807) is 30.5 Å². The molecule has 0 unspecified atom stereocenters. The van der Waals surface area contributed by atoms with Gasteiger partial charge in [0.1, 0.15) is 5.69 Å². The number of rotatable bonds is 8. The summed E-state index contributed by atoms with van der Waals surface area (Å²) in [7, 11) is 1.64. The Hall–Kier alpha value is -3.45. The molecule has 0 radical (unpaired) electrons. The van der Waals surface area contributed by atoms with Gasteiger partial charge in [-0.1, -0.05) is 30.3 Å². The van der Waals surface area contributed by atoms with Crippen molar-refractivity contribution in [1.29, 1.82) is 0 Å². The number of carbonyl (C=O) groups excluding carboxylic acids is 1. The van der Waals surface area contributed by atoms with Crippen LogP contribution in [0.4, 0.5) is 0 Å². The highest BCUT2D eigenvalue weighted by Crippen LogP contribution is 2.28. The van der Waals surface area contributed by atoms with Crippen molar-refractivity contribution in [1.82, 2.24) is 19.7 Å². The Balaban J connectivity index is 1.80. The number of furan rings is 1. The molecule has 1 amide bonds.